The number of amides is 1. The van der Waals surface area contributed by atoms with E-state index in [-0.39, 0.29) is 5.91 Å². The van der Waals surface area contributed by atoms with Crippen molar-refractivity contribution in [3.8, 4) is 0 Å². The maximum Gasteiger partial charge on any atom is 0.273 e. The molecule has 2 N–H and O–H groups in total. The van der Waals surface area contributed by atoms with Crippen LogP contribution >= 0.6 is 28.1 Å². The number of hydrogen-bond acceptors (Lipinski definition) is 2. The molecule has 1 aliphatic rings. The molecule has 0 saturated carbocycles. The van der Waals surface area contributed by atoms with E-state index >= 15 is 0 Å². The van der Waals surface area contributed by atoms with Crippen LogP contribution in [0.5, 0.6) is 0 Å². The van der Waals surface area contributed by atoms with Gasteiger partial charge in [-0.05, 0) is 29.9 Å². The topological polar surface area (TPSA) is 41.1 Å². The fourth-order valence-electron chi connectivity index (χ4n) is 1.37. The zero-order valence-corrected chi connectivity index (χ0v) is 11.1. The summed E-state index contributed by atoms with van der Waals surface area (Å²) in [5, 5.41) is 5.62. The van der Waals surface area contributed by atoms with E-state index < -0.39 is 0 Å². The van der Waals surface area contributed by atoms with Gasteiger partial charge >= 0.3 is 0 Å². The van der Waals surface area contributed by atoms with E-state index in [0.29, 0.717) is 10.8 Å². The average Bonchev–Trinajstić information content (AvgIpc) is 2.58. The molecule has 3 nitrogen and oxygen atoms in total. The van der Waals surface area contributed by atoms with Gasteiger partial charge in [0, 0.05) is 4.48 Å². The van der Waals surface area contributed by atoms with Crippen molar-refractivity contribution in [1.29, 1.82) is 0 Å². The summed E-state index contributed by atoms with van der Waals surface area (Å²) < 4.78 is 0.797. The SMILES string of the molecule is O=C1NC(=S)N/C1=C\C(Br)=C\c1ccccc1. The van der Waals surface area contributed by atoms with Gasteiger partial charge in [-0.15, -0.1) is 0 Å². The molecule has 0 aromatic heterocycles. The highest BCUT2D eigenvalue weighted by molar-refractivity contribution is 9.12. The zero-order valence-electron chi connectivity index (χ0n) is 8.74. The number of rotatable bonds is 2. The van der Waals surface area contributed by atoms with Crippen molar-refractivity contribution < 1.29 is 4.79 Å². The molecule has 1 aromatic rings. The van der Waals surface area contributed by atoms with Crippen LogP contribution in [0.1, 0.15) is 5.56 Å². The van der Waals surface area contributed by atoms with Crippen molar-refractivity contribution >= 4 is 45.2 Å². The molecule has 17 heavy (non-hydrogen) atoms. The highest BCUT2D eigenvalue weighted by Crippen LogP contribution is 2.15. The van der Waals surface area contributed by atoms with Gasteiger partial charge in [-0.2, -0.15) is 0 Å². The summed E-state index contributed by atoms with van der Waals surface area (Å²) in [6, 6.07) is 9.82. The Bertz CT molecular complexity index is 523. The lowest BCUT2D eigenvalue weighted by Crippen LogP contribution is -2.21. The molecule has 5 heteroatoms. The molecule has 0 unspecified atom stereocenters. The molecule has 2 rings (SSSR count). The molecule has 1 aromatic carbocycles. The van der Waals surface area contributed by atoms with Crippen molar-refractivity contribution in [3.63, 3.8) is 0 Å². The van der Waals surface area contributed by atoms with E-state index in [1.807, 2.05) is 36.4 Å². The summed E-state index contributed by atoms with van der Waals surface area (Å²) in [4.78, 5) is 11.4. The van der Waals surface area contributed by atoms with Gasteiger partial charge in [-0.1, -0.05) is 46.3 Å². The van der Waals surface area contributed by atoms with Crippen molar-refractivity contribution in [2.75, 3.05) is 0 Å². The summed E-state index contributed by atoms with van der Waals surface area (Å²) in [6.07, 6.45) is 3.62. The molecule has 0 bridgehead atoms. The molecule has 0 aliphatic carbocycles. The van der Waals surface area contributed by atoms with Gasteiger partial charge in [-0.3, -0.25) is 10.1 Å². The van der Waals surface area contributed by atoms with Gasteiger partial charge in [0.1, 0.15) is 5.70 Å². The molecule has 1 saturated heterocycles. The van der Waals surface area contributed by atoms with Gasteiger partial charge in [0.2, 0.25) is 0 Å². The first-order chi connectivity index (χ1) is 8.15. The van der Waals surface area contributed by atoms with E-state index in [0.717, 1.165) is 10.0 Å². The third-order valence-corrected chi connectivity index (χ3v) is 2.77. The van der Waals surface area contributed by atoms with Gasteiger partial charge in [0.05, 0.1) is 0 Å². The fourth-order valence-corrected chi connectivity index (χ4v) is 2.07. The molecule has 1 aliphatic heterocycles. The highest BCUT2D eigenvalue weighted by atomic mass is 79.9. The Balaban J connectivity index is 2.19. The molecular formula is C12H9BrN2OS. The molecular weight excluding hydrogens is 300 g/mol. The first-order valence-electron chi connectivity index (χ1n) is 4.91. The van der Waals surface area contributed by atoms with Gasteiger partial charge in [-0.25, -0.2) is 0 Å². The van der Waals surface area contributed by atoms with Crippen LogP contribution in [0.25, 0.3) is 6.08 Å². The van der Waals surface area contributed by atoms with Gasteiger partial charge < -0.3 is 5.32 Å². The average molecular weight is 309 g/mol. The number of nitrogens with one attached hydrogen (secondary N) is 2. The Morgan fingerprint density at radius 3 is 2.53 bits per heavy atom. The van der Waals surface area contributed by atoms with Crippen LogP contribution in [0.4, 0.5) is 0 Å². The molecule has 1 heterocycles. The number of allylic oxidation sites excluding steroid dienone is 2. The van der Waals surface area contributed by atoms with Crippen LogP contribution in [0, 0.1) is 0 Å². The Morgan fingerprint density at radius 1 is 1.24 bits per heavy atom. The number of thiocarbonyl (C=S) groups is 1. The van der Waals surface area contributed by atoms with Gasteiger partial charge in [0.15, 0.2) is 5.11 Å². The molecule has 1 amide bonds. The molecule has 0 atom stereocenters. The maximum atomic E-state index is 11.4. The van der Waals surface area contributed by atoms with E-state index in [1.165, 1.54) is 0 Å². The third kappa shape index (κ3) is 3.25. The lowest BCUT2D eigenvalue weighted by molar-refractivity contribution is -0.115. The fraction of sp³-hybridized carbons (Fsp3) is 0. The first kappa shape index (κ1) is 12.0. The van der Waals surface area contributed by atoms with Crippen molar-refractivity contribution in [1.82, 2.24) is 10.6 Å². The van der Waals surface area contributed by atoms with Crippen LogP contribution in [-0.4, -0.2) is 11.0 Å². The number of carbonyl (C=O) groups is 1. The maximum absolute atomic E-state index is 11.4. The van der Waals surface area contributed by atoms with E-state index in [2.05, 4.69) is 26.6 Å². The van der Waals surface area contributed by atoms with Gasteiger partial charge in [0.25, 0.3) is 5.91 Å². The van der Waals surface area contributed by atoms with Crippen LogP contribution < -0.4 is 10.6 Å². The predicted octanol–water partition coefficient (Wildman–Crippen LogP) is 2.31. The van der Waals surface area contributed by atoms with Crippen molar-refractivity contribution in [2.24, 2.45) is 0 Å². The summed E-state index contributed by atoms with van der Waals surface area (Å²) in [7, 11) is 0. The quantitative estimate of drug-likeness (QED) is 0.651. The van der Waals surface area contributed by atoms with Crippen molar-refractivity contribution in [2.45, 2.75) is 0 Å². The lowest BCUT2D eigenvalue weighted by atomic mass is 10.2. The predicted molar refractivity (Wildman–Crippen MR) is 75.3 cm³/mol. The molecule has 0 radical (unpaired) electrons. The Morgan fingerprint density at radius 2 is 1.94 bits per heavy atom. The van der Waals surface area contributed by atoms with Crippen molar-refractivity contribution in [3.05, 3.63) is 52.2 Å². The van der Waals surface area contributed by atoms with Crippen LogP contribution in [0.3, 0.4) is 0 Å². The summed E-state index contributed by atoms with van der Waals surface area (Å²) in [5.41, 5.74) is 1.49. The van der Waals surface area contributed by atoms with E-state index in [9.17, 15) is 4.79 Å². The minimum Gasteiger partial charge on any atom is -0.328 e. The minimum atomic E-state index is -0.214. The van der Waals surface area contributed by atoms with Crippen LogP contribution in [0.2, 0.25) is 0 Å². The van der Waals surface area contributed by atoms with Crippen LogP contribution in [-0.2, 0) is 4.79 Å². The van der Waals surface area contributed by atoms with E-state index in [4.69, 9.17) is 12.2 Å². The van der Waals surface area contributed by atoms with Crippen LogP contribution in [0.15, 0.2) is 46.6 Å². The first-order valence-corrected chi connectivity index (χ1v) is 6.11. The second kappa shape index (κ2) is 5.25. The third-order valence-electron chi connectivity index (χ3n) is 2.11. The number of hydrogen-bond donors (Lipinski definition) is 2. The normalized spacial score (nSPS) is 18.2. The second-order valence-electron chi connectivity index (χ2n) is 3.41. The Labute approximate surface area is 113 Å². The second-order valence-corrected chi connectivity index (χ2v) is 4.73. The minimum absolute atomic E-state index is 0.214. The van der Waals surface area contributed by atoms with E-state index in [1.54, 1.807) is 6.08 Å². The largest absolute Gasteiger partial charge is 0.328 e. The zero-order chi connectivity index (χ0) is 12.3. The summed E-state index contributed by atoms with van der Waals surface area (Å²) in [5.74, 6) is -0.214. The smallest absolute Gasteiger partial charge is 0.273 e. The number of halogens is 1. The Hall–Kier alpha value is -1.46. The Kier molecular flexibility index (Phi) is 3.71. The molecule has 0 spiro atoms. The summed E-state index contributed by atoms with van der Waals surface area (Å²) in [6.45, 7) is 0. The number of carbonyl (C=O) groups excluding carboxylic acids is 1. The standard InChI is InChI=1S/C12H9BrN2OS/c13-9(6-8-4-2-1-3-5-8)7-10-11(16)15-12(17)14-10/h1-7H,(H2,14,15,16,17)/b9-6-,10-7-. The number of benzene rings is 1. The molecule has 86 valence electrons. The monoisotopic (exact) mass is 308 g/mol. The molecule has 1 fully saturated rings. The highest BCUT2D eigenvalue weighted by Gasteiger charge is 2.19. The lowest BCUT2D eigenvalue weighted by Gasteiger charge is -1.96. The summed E-state index contributed by atoms with van der Waals surface area (Å²) >= 11 is 8.23.